The number of phenolic OH excluding ortho intramolecular Hbond substituents is 3. The van der Waals surface area contributed by atoms with E-state index in [0.29, 0.717) is 5.56 Å². The molecule has 3 rings (SSSR count). The highest BCUT2D eigenvalue weighted by Gasteiger charge is 2.39. The number of ether oxygens (including phenoxy) is 1. The van der Waals surface area contributed by atoms with Crippen molar-refractivity contribution in [2.45, 2.75) is 12.2 Å². The lowest BCUT2D eigenvalue weighted by Gasteiger charge is -2.29. The Morgan fingerprint density at radius 2 is 1.62 bits per heavy atom. The molecule has 0 radical (unpaired) electrons. The molecule has 6 nitrogen and oxygen atoms in total. The zero-order valence-electron chi connectivity index (χ0n) is 10.7. The molecular formula is C15H12O6. The van der Waals surface area contributed by atoms with Crippen LogP contribution in [0.2, 0.25) is 0 Å². The number of hydrogen-bond acceptors (Lipinski definition) is 6. The van der Waals surface area contributed by atoms with Crippen molar-refractivity contribution in [2.24, 2.45) is 0 Å². The van der Waals surface area contributed by atoms with Crippen LogP contribution >= 0.6 is 0 Å². The van der Waals surface area contributed by atoms with Gasteiger partial charge in [-0.15, -0.1) is 0 Å². The van der Waals surface area contributed by atoms with Crippen molar-refractivity contribution in [3.8, 4) is 23.0 Å². The zero-order chi connectivity index (χ0) is 15.1. The molecule has 108 valence electrons. The van der Waals surface area contributed by atoms with E-state index < -0.39 is 23.7 Å². The fraction of sp³-hybridized carbons (Fsp3) is 0.133. The number of rotatable bonds is 1. The van der Waals surface area contributed by atoms with E-state index in [1.54, 1.807) is 0 Å². The summed E-state index contributed by atoms with van der Waals surface area (Å²) in [5.41, 5.74) is 0.361. The molecule has 0 amide bonds. The Labute approximate surface area is 119 Å². The molecule has 0 aliphatic carbocycles. The third-order valence-electron chi connectivity index (χ3n) is 3.38. The van der Waals surface area contributed by atoms with Gasteiger partial charge >= 0.3 is 0 Å². The number of benzene rings is 2. The monoisotopic (exact) mass is 288 g/mol. The van der Waals surface area contributed by atoms with Gasteiger partial charge in [-0.1, -0.05) is 12.1 Å². The molecule has 0 bridgehead atoms. The van der Waals surface area contributed by atoms with E-state index in [0.717, 1.165) is 12.1 Å². The fourth-order valence-corrected chi connectivity index (χ4v) is 2.41. The first-order valence-corrected chi connectivity index (χ1v) is 6.21. The molecule has 2 atom stereocenters. The number of phenols is 3. The van der Waals surface area contributed by atoms with Crippen LogP contribution in [0.3, 0.4) is 0 Å². The van der Waals surface area contributed by atoms with Gasteiger partial charge in [0.15, 0.2) is 5.78 Å². The van der Waals surface area contributed by atoms with Crippen LogP contribution in [0.1, 0.15) is 21.8 Å². The molecule has 21 heavy (non-hydrogen) atoms. The molecule has 1 aliphatic rings. The summed E-state index contributed by atoms with van der Waals surface area (Å²) in [6, 6.07) is 7.96. The molecule has 0 saturated heterocycles. The number of Topliss-reactive ketones (excluding diaryl/α,β-unsaturated/α-hetero) is 1. The van der Waals surface area contributed by atoms with E-state index in [1.165, 1.54) is 24.3 Å². The van der Waals surface area contributed by atoms with Crippen LogP contribution in [0.25, 0.3) is 0 Å². The first-order chi connectivity index (χ1) is 9.97. The van der Waals surface area contributed by atoms with Gasteiger partial charge in [0, 0.05) is 12.1 Å². The molecule has 1 heterocycles. The zero-order valence-corrected chi connectivity index (χ0v) is 10.7. The van der Waals surface area contributed by atoms with Crippen LogP contribution in [-0.4, -0.2) is 32.5 Å². The van der Waals surface area contributed by atoms with Gasteiger partial charge in [0.05, 0.1) is 0 Å². The summed E-state index contributed by atoms with van der Waals surface area (Å²) in [7, 11) is 0. The number of ketones is 1. The summed E-state index contributed by atoms with van der Waals surface area (Å²) in [5, 5.41) is 38.5. The Kier molecular flexibility index (Phi) is 2.95. The van der Waals surface area contributed by atoms with Crippen LogP contribution in [0.5, 0.6) is 23.0 Å². The van der Waals surface area contributed by atoms with Gasteiger partial charge in [0.1, 0.15) is 34.5 Å². The van der Waals surface area contributed by atoms with Crippen LogP contribution in [0.15, 0.2) is 36.4 Å². The standard InChI is InChI=1S/C15H12O6/c16-8-3-1-7(2-4-8)12-14(19)13-10(18)5-9(17)6-11(13)21-15(12)20/h1-6,12,15-18,20H/t12-,15-/m1/s1. The minimum absolute atomic E-state index is 0.0330. The van der Waals surface area contributed by atoms with Gasteiger partial charge < -0.3 is 25.2 Å². The second kappa shape index (κ2) is 4.68. The van der Waals surface area contributed by atoms with Crippen LogP contribution in [-0.2, 0) is 0 Å². The van der Waals surface area contributed by atoms with E-state index in [1.807, 2.05) is 0 Å². The second-order valence-corrected chi connectivity index (χ2v) is 4.78. The Morgan fingerprint density at radius 3 is 2.29 bits per heavy atom. The largest absolute Gasteiger partial charge is 0.508 e. The molecule has 0 fully saturated rings. The summed E-state index contributed by atoms with van der Waals surface area (Å²) in [6.07, 6.45) is -1.45. The number of fused-ring (bicyclic) bond motifs is 1. The van der Waals surface area contributed by atoms with E-state index >= 15 is 0 Å². The Morgan fingerprint density at radius 1 is 0.952 bits per heavy atom. The number of hydrogen-bond donors (Lipinski definition) is 4. The number of aliphatic hydroxyl groups excluding tert-OH is 1. The van der Waals surface area contributed by atoms with Crippen molar-refractivity contribution in [3.05, 3.63) is 47.5 Å². The van der Waals surface area contributed by atoms with E-state index in [9.17, 15) is 25.2 Å². The third kappa shape index (κ3) is 2.15. The van der Waals surface area contributed by atoms with Crippen molar-refractivity contribution in [2.75, 3.05) is 0 Å². The molecule has 2 aromatic rings. The highest BCUT2D eigenvalue weighted by Crippen LogP contribution is 2.42. The molecular weight excluding hydrogens is 276 g/mol. The van der Waals surface area contributed by atoms with Crippen molar-refractivity contribution < 1.29 is 30.0 Å². The normalized spacial score (nSPS) is 20.7. The lowest BCUT2D eigenvalue weighted by atomic mass is 9.87. The average Bonchev–Trinajstić information content (AvgIpc) is 2.39. The Hall–Kier alpha value is -2.73. The van der Waals surface area contributed by atoms with E-state index in [-0.39, 0.29) is 22.8 Å². The predicted molar refractivity (Wildman–Crippen MR) is 71.6 cm³/mol. The third-order valence-corrected chi connectivity index (χ3v) is 3.38. The van der Waals surface area contributed by atoms with Crippen LogP contribution in [0.4, 0.5) is 0 Å². The fourth-order valence-electron chi connectivity index (χ4n) is 2.41. The molecule has 6 heteroatoms. The van der Waals surface area contributed by atoms with Gasteiger partial charge in [-0.2, -0.15) is 0 Å². The maximum absolute atomic E-state index is 12.5. The highest BCUT2D eigenvalue weighted by molar-refractivity contribution is 6.06. The van der Waals surface area contributed by atoms with Crippen LogP contribution in [0, 0.1) is 0 Å². The molecule has 0 spiro atoms. The van der Waals surface area contributed by atoms with Crippen molar-refractivity contribution in [3.63, 3.8) is 0 Å². The van der Waals surface area contributed by atoms with Gasteiger partial charge in [-0.25, -0.2) is 0 Å². The number of carbonyl (C=O) groups is 1. The molecule has 0 unspecified atom stereocenters. The Balaban J connectivity index is 2.09. The maximum atomic E-state index is 12.5. The SMILES string of the molecule is O=C1c2c(O)cc(O)cc2O[C@@H](O)[C@@H]1c1ccc(O)cc1. The molecule has 0 aromatic heterocycles. The quantitative estimate of drug-likeness (QED) is 0.633. The summed E-state index contributed by atoms with van der Waals surface area (Å²) in [6.45, 7) is 0. The van der Waals surface area contributed by atoms with Gasteiger partial charge in [0.25, 0.3) is 0 Å². The first kappa shape index (κ1) is 13.3. The lowest BCUT2D eigenvalue weighted by Crippen LogP contribution is -2.35. The highest BCUT2D eigenvalue weighted by atomic mass is 16.6. The Bertz CT molecular complexity index is 707. The summed E-state index contributed by atoms with van der Waals surface area (Å²) in [5.74, 6) is -2.26. The molecule has 0 saturated carbocycles. The summed E-state index contributed by atoms with van der Waals surface area (Å²) < 4.78 is 5.21. The number of aliphatic hydroxyl groups is 1. The van der Waals surface area contributed by atoms with Gasteiger partial charge in [0.2, 0.25) is 6.29 Å². The molecule has 2 aromatic carbocycles. The van der Waals surface area contributed by atoms with Crippen molar-refractivity contribution in [1.82, 2.24) is 0 Å². The maximum Gasteiger partial charge on any atom is 0.211 e. The topological polar surface area (TPSA) is 107 Å². The molecule has 1 aliphatic heterocycles. The van der Waals surface area contributed by atoms with Crippen molar-refractivity contribution >= 4 is 5.78 Å². The number of carbonyl (C=O) groups excluding carboxylic acids is 1. The minimum Gasteiger partial charge on any atom is -0.508 e. The van der Waals surface area contributed by atoms with Gasteiger partial charge in [-0.3, -0.25) is 4.79 Å². The minimum atomic E-state index is -1.45. The smallest absolute Gasteiger partial charge is 0.211 e. The average molecular weight is 288 g/mol. The van der Waals surface area contributed by atoms with E-state index in [2.05, 4.69) is 0 Å². The predicted octanol–water partition coefficient (Wildman–Crippen LogP) is 1.48. The summed E-state index contributed by atoms with van der Waals surface area (Å²) >= 11 is 0. The second-order valence-electron chi connectivity index (χ2n) is 4.78. The molecule has 4 N–H and O–H groups in total. The van der Waals surface area contributed by atoms with E-state index in [4.69, 9.17) is 4.74 Å². The van der Waals surface area contributed by atoms with Crippen molar-refractivity contribution in [1.29, 1.82) is 0 Å². The lowest BCUT2D eigenvalue weighted by molar-refractivity contribution is -0.0389. The number of aromatic hydroxyl groups is 3. The summed E-state index contributed by atoms with van der Waals surface area (Å²) in [4.78, 5) is 12.5. The first-order valence-electron chi connectivity index (χ1n) is 6.21. The van der Waals surface area contributed by atoms with Gasteiger partial charge in [-0.05, 0) is 17.7 Å². The van der Waals surface area contributed by atoms with Crippen LogP contribution < -0.4 is 4.74 Å².